The standard InChI is InChI=1S/C12H22N4S/c1-3-4-5-6-11-12(14-17-13-11)16-9-7-15(2)8-10-16/h3-10H2,1-2H3. The van der Waals surface area contributed by atoms with E-state index in [0.29, 0.717) is 0 Å². The summed E-state index contributed by atoms with van der Waals surface area (Å²) < 4.78 is 8.94. The SMILES string of the molecule is CCCCCc1nsnc1N1CCN(C)CC1. The molecule has 1 aliphatic rings. The second-order valence-corrected chi connectivity index (χ2v) is 5.31. The van der Waals surface area contributed by atoms with Gasteiger partial charge in [-0.15, -0.1) is 0 Å². The van der Waals surface area contributed by atoms with Gasteiger partial charge in [-0.1, -0.05) is 19.8 Å². The molecule has 0 unspecified atom stereocenters. The zero-order valence-corrected chi connectivity index (χ0v) is 11.7. The van der Waals surface area contributed by atoms with Crippen LogP contribution in [-0.2, 0) is 6.42 Å². The Kier molecular flexibility index (Phi) is 4.74. The maximum absolute atomic E-state index is 4.48. The van der Waals surface area contributed by atoms with E-state index in [1.165, 1.54) is 36.7 Å². The van der Waals surface area contributed by atoms with Gasteiger partial charge >= 0.3 is 0 Å². The van der Waals surface area contributed by atoms with Crippen LogP contribution in [0.15, 0.2) is 0 Å². The molecule has 0 N–H and O–H groups in total. The molecule has 17 heavy (non-hydrogen) atoms. The average Bonchev–Trinajstić information content (AvgIpc) is 2.79. The van der Waals surface area contributed by atoms with Crippen LogP contribution >= 0.6 is 11.7 Å². The number of hydrogen-bond donors (Lipinski definition) is 0. The van der Waals surface area contributed by atoms with Gasteiger partial charge in [-0.05, 0) is 19.9 Å². The Hall–Kier alpha value is -0.680. The van der Waals surface area contributed by atoms with E-state index in [9.17, 15) is 0 Å². The molecule has 1 aromatic rings. The summed E-state index contributed by atoms with van der Waals surface area (Å²) >= 11 is 1.36. The molecule has 0 bridgehead atoms. The highest BCUT2D eigenvalue weighted by molar-refractivity contribution is 6.99. The van der Waals surface area contributed by atoms with Crippen molar-refractivity contribution in [3.63, 3.8) is 0 Å². The van der Waals surface area contributed by atoms with Crippen LogP contribution < -0.4 is 4.90 Å². The van der Waals surface area contributed by atoms with Crippen molar-refractivity contribution in [3.8, 4) is 0 Å². The van der Waals surface area contributed by atoms with Crippen LogP contribution in [0, 0.1) is 0 Å². The van der Waals surface area contributed by atoms with Gasteiger partial charge in [0.1, 0.15) is 0 Å². The number of nitrogens with zero attached hydrogens (tertiary/aromatic N) is 4. The van der Waals surface area contributed by atoms with E-state index in [4.69, 9.17) is 0 Å². The van der Waals surface area contributed by atoms with Crippen LogP contribution in [0.5, 0.6) is 0 Å². The minimum Gasteiger partial charge on any atom is -0.352 e. The first kappa shape index (κ1) is 12.8. The summed E-state index contributed by atoms with van der Waals surface area (Å²) in [5.74, 6) is 1.15. The molecule has 1 saturated heterocycles. The van der Waals surface area contributed by atoms with Crippen LogP contribution in [0.1, 0.15) is 31.9 Å². The van der Waals surface area contributed by atoms with Crippen molar-refractivity contribution in [1.82, 2.24) is 13.6 Å². The number of anilines is 1. The molecule has 1 aromatic heterocycles. The van der Waals surface area contributed by atoms with E-state index in [2.05, 4.69) is 32.5 Å². The zero-order valence-electron chi connectivity index (χ0n) is 10.9. The van der Waals surface area contributed by atoms with Crippen LogP contribution in [-0.4, -0.2) is 46.9 Å². The second-order valence-electron chi connectivity index (χ2n) is 4.78. The third kappa shape index (κ3) is 3.39. The van der Waals surface area contributed by atoms with E-state index in [1.54, 1.807) is 0 Å². The van der Waals surface area contributed by atoms with Crippen molar-refractivity contribution in [1.29, 1.82) is 0 Å². The first-order valence-electron chi connectivity index (χ1n) is 6.56. The van der Waals surface area contributed by atoms with E-state index < -0.39 is 0 Å². The number of aryl methyl sites for hydroxylation is 1. The summed E-state index contributed by atoms with van der Waals surface area (Å²) in [6, 6.07) is 0. The minimum atomic E-state index is 1.09. The summed E-state index contributed by atoms with van der Waals surface area (Å²) in [7, 11) is 2.18. The molecule has 0 spiro atoms. The quantitative estimate of drug-likeness (QED) is 0.753. The summed E-state index contributed by atoms with van der Waals surface area (Å²) in [6.07, 6.45) is 4.88. The smallest absolute Gasteiger partial charge is 0.165 e. The molecule has 1 fully saturated rings. The first-order valence-corrected chi connectivity index (χ1v) is 7.29. The lowest BCUT2D eigenvalue weighted by Gasteiger charge is -2.32. The van der Waals surface area contributed by atoms with Crippen LogP contribution in [0.3, 0.4) is 0 Å². The third-order valence-electron chi connectivity index (χ3n) is 3.36. The maximum atomic E-state index is 4.48. The molecular weight excluding hydrogens is 232 g/mol. The van der Waals surface area contributed by atoms with E-state index in [0.717, 1.165) is 38.4 Å². The largest absolute Gasteiger partial charge is 0.352 e. The van der Waals surface area contributed by atoms with Crippen molar-refractivity contribution in [2.24, 2.45) is 0 Å². The summed E-state index contributed by atoms with van der Waals surface area (Å²) in [5, 5.41) is 0. The monoisotopic (exact) mass is 254 g/mol. The van der Waals surface area contributed by atoms with Gasteiger partial charge in [0.2, 0.25) is 0 Å². The fourth-order valence-electron chi connectivity index (χ4n) is 2.16. The number of unbranched alkanes of at least 4 members (excludes halogenated alkanes) is 2. The van der Waals surface area contributed by atoms with Gasteiger partial charge in [-0.25, -0.2) is 0 Å². The van der Waals surface area contributed by atoms with Crippen molar-refractivity contribution < 1.29 is 0 Å². The number of aromatic nitrogens is 2. The Labute approximate surface area is 108 Å². The predicted octanol–water partition coefficient (Wildman–Crippen LogP) is 2.02. The molecule has 0 aliphatic carbocycles. The zero-order chi connectivity index (χ0) is 12.1. The van der Waals surface area contributed by atoms with Gasteiger partial charge in [0.25, 0.3) is 0 Å². The summed E-state index contributed by atoms with van der Waals surface area (Å²) in [4.78, 5) is 4.76. The molecule has 0 radical (unpaired) electrons. The Morgan fingerprint density at radius 1 is 1.12 bits per heavy atom. The highest BCUT2D eigenvalue weighted by Crippen LogP contribution is 2.21. The van der Waals surface area contributed by atoms with Gasteiger partial charge in [0.05, 0.1) is 17.4 Å². The Balaban J connectivity index is 1.93. The van der Waals surface area contributed by atoms with Gasteiger partial charge in [-0.3, -0.25) is 0 Å². The molecule has 96 valence electrons. The number of hydrogen-bond acceptors (Lipinski definition) is 5. The van der Waals surface area contributed by atoms with Crippen molar-refractivity contribution >= 4 is 17.5 Å². The number of rotatable bonds is 5. The van der Waals surface area contributed by atoms with Crippen molar-refractivity contribution in [3.05, 3.63) is 5.69 Å². The Morgan fingerprint density at radius 2 is 1.88 bits per heavy atom. The highest BCUT2D eigenvalue weighted by atomic mass is 32.1. The first-order chi connectivity index (χ1) is 8.31. The normalized spacial score (nSPS) is 17.6. The molecule has 0 aromatic carbocycles. The molecule has 0 saturated carbocycles. The lowest BCUT2D eigenvalue weighted by Crippen LogP contribution is -2.45. The van der Waals surface area contributed by atoms with Crippen LogP contribution in [0.2, 0.25) is 0 Å². The molecule has 4 nitrogen and oxygen atoms in total. The topological polar surface area (TPSA) is 32.3 Å². The van der Waals surface area contributed by atoms with E-state index >= 15 is 0 Å². The Bertz CT molecular complexity index is 331. The fraction of sp³-hybridized carbons (Fsp3) is 0.833. The van der Waals surface area contributed by atoms with Crippen molar-refractivity contribution in [2.75, 3.05) is 38.1 Å². The summed E-state index contributed by atoms with van der Waals surface area (Å²) in [6.45, 7) is 6.67. The average molecular weight is 254 g/mol. The number of likely N-dealkylation sites (N-methyl/N-ethyl adjacent to an activating group) is 1. The summed E-state index contributed by atoms with van der Waals surface area (Å²) in [5.41, 5.74) is 1.22. The number of piperazine rings is 1. The van der Waals surface area contributed by atoms with Gasteiger partial charge in [0, 0.05) is 26.2 Å². The lowest BCUT2D eigenvalue weighted by molar-refractivity contribution is 0.312. The molecular formula is C12H22N4S. The molecule has 5 heteroatoms. The third-order valence-corrected chi connectivity index (χ3v) is 3.91. The molecule has 0 atom stereocenters. The van der Waals surface area contributed by atoms with Crippen LogP contribution in [0.25, 0.3) is 0 Å². The highest BCUT2D eigenvalue weighted by Gasteiger charge is 2.19. The van der Waals surface area contributed by atoms with Gasteiger partial charge < -0.3 is 9.80 Å². The minimum absolute atomic E-state index is 1.09. The maximum Gasteiger partial charge on any atom is 0.165 e. The van der Waals surface area contributed by atoms with Gasteiger partial charge in [0.15, 0.2) is 5.82 Å². The molecule has 2 heterocycles. The van der Waals surface area contributed by atoms with Crippen LogP contribution in [0.4, 0.5) is 5.82 Å². The van der Waals surface area contributed by atoms with Crippen molar-refractivity contribution in [2.45, 2.75) is 32.6 Å². The molecule has 0 amide bonds. The predicted molar refractivity (Wildman–Crippen MR) is 72.8 cm³/mol. The second kappa shape index (κ2) is 6.31. The molecule has 2 rings (SSSR count). The molecule has 1 aliphatic heterocycles. The van der Waals surface area contributed by atoms with E-state index in [-0.39, 0.29) is 0 Å². The van der Waals surface area contributed by atoms with Gasteiger partial charge in [-0.2, -0.15) is 8.75 Å². The fourth-order valence-corrected chi connectivity index (χ4v) is 2.77. The lowest BCUT2D eigenvalue weighted by atomic mass is 10.1. The Morgan fingerprint density at radius 3 is 2.59 bits per heavy atom. The van der Waals surface area contributed by atoms with E-state index in [1.807, 2.05) is 0 Å².